The molecule has 2 unspecified atom stereocenters. The summed E-state index contributed by atoms with van der Waals surface area (Å²) >= 11 is 0. The van der Waals surface area contributed by atoms with Crippen molar-refractivity contribution in [2.75, 3.05) is 12.8 Å². The lowest BCUT2D eigenvalue weighted by molar-refractivity contribution is -0.128. The van der Waals surface area contributed by atoms with E-state index in [1.807, 2.05) is 30.3 Å². The maximum absolute atomic E-state index is 12.2. The molecule has 4 N–H and O–H groups in total. The molecule has 0 bridgehead atoms. The minimum atomic E-state index is -3.46. The van der Waals surface area contributed by atoms with Crippen molar-refractivity contribution in [3.05, 3.63) is 71.3 Å². The van der Waals surface area contributed by atoms with Gasteiger partial charge in [-0.25, -0.2) is 5.48 Å². The van der Waals surface area contributed by atoms with E-state index in [2.05, 4.69) is 17.2 Å². The molecule has 8 heteroatoms. The number of hydrogen-bond acceptors (Lipinski definition) is 4. The minimum absolute atomic E-state index is 0.00211. The van der Waals surface area contributed by atoms with Crippen molar-refractivity contribution in [1.82, 2.24) is 10.8 Å². The number of hydrogen-bond donors (Lipinski definition) is 4. The maximum Gasteiger partial charge on any atom is 0.299 e. The normalized spacial score (nSPS) is 13.4. The van der Waals surface area contributed by atoms with Crippen LogP contribution in [0, 0.1) is 11.8 Å². The molecule has 0 aromatic heterocycles. The Balaban J connectivity index is 1.93. The zero-order chi connectivity index (χ0) is 20.6. The van der Waals surface area contributed by atoms with Gasteiger partial charge in [0.25, 0.3) is 11.8 Å². The van der Waals surface area contributed by atoms with Crippen LogP contribution in [0.15, 0.2) is 54.6 Å². The van der Waals surface area contributed by atoms with Crippen molar-refractivity contribution < 1.29 is 23.6 Å². The van der Waals surface area contributed by atoms with Crippen LogP contribution in [-0.4, -0.2) is 39.6 Å². The lowest BCUT2D eigenvalue weighted by atomic mass is 10.1. The van der Waals surface area contributed by atoms with E-state index in [-0.39, 0.29) is 18.9 Å². The summed E-state index contributed by atoms with van der Waals surface area (Å²) in [5, 5.41) is 9.92. The predicted octanol–water partition coefficient (Wildman–Crippen LogP) is 1.68. The molecule has 0 fully saturated rings. The topological polar surface area (TPSA) is 116 Å². The van der Waals surface area contributed by atoms with Crippen molar-refractivity contribution >= 4 is 22.0 Å². The zero-order valence-corrected chi connectivity index (χ0v) is 16.0. The Kier molecular flexibility index (Phi) is 7.46. The zero-order valence-electron chi connectivity index (χ0n) is 15.2. The summed E-state index contributed by atoms with van der Waals surface area (Å²) in [5.41, 5.74) is 3.41. The highest BCUT2D eigenvalue weighted by atomic mass is 32.3. The largest absolute Gasteiger partial charge is 0.352 e. The summed E-state index contributed by atoms with van der Waals surface area (Å²) < 4.78 is 21.2. The molecule has 0 aliphatic rings. The second-order valence-corrected chi connectivity index (χ2v) is 8.36. The molecule has 0 aliphatic carbocycles. The van der Waals surface area contributed by atoms with E-state index in [1.165, 1.54) is 5.48 Å². The summed E-state index contributed by atoms with van der Waals surface area (Å²) in [7, 11) is -3.46. The van der Waals surface area contributed by atoms with Gasteiger partial charge < -0.3 is 5.32 Å². The molecular weight excluding hydrogens is 380 g/mol. The van der Waals surface area contributed by atoms with Crippen molar-refractivity contribution in [1.29, 1.82) is 0 Å². The van der Waals surface area contributed by atoms with Crippen LogP contribution in [0.5, 0.6) is 0 Å². The van der Waals surface area contributed by atoms with Crippen molar-refractivity contribution in [3.63, 3.8) is 0 Å². The fraction of sp³-hybridized carbons (Fsp3) is 0.200. The maximum atomic E-state index is 12.2. The number of benzene rings is 2. The van der Waals surface area contributed by atoms with Crippen LogP contribution in [0.1, 0.15) is 27.9 Å². The Bertz CT molecular complexity index is 927. The van der Waals surface area contributed by atoms with Gasteiger partial charge in [-0.1, -0.05) is 34.2 Å². The smallest absolute Gasteiger partial charge is 0.299 e. The first-order valence-corrected chi connectivity index (χ1v) is 10.4. The average molecular weight is 401 g/mol. The van der Waals surface area contributed by atoms with Crippen molar-refractivity contribution in [3.8, 4) is 11.8 Å². The number of carbonyl (C=O) groups is 2. The first kappa shape index (κ1) is 21.3. The van der Waals surface area contributed by atoms with E-state index in [4.69, 9.17) is 5.21 Å². The monoisotopic (exact) mass is 401 g/mol. The first-order valence-electron chi connectivity index (χ1n) is 8.41. The molecule has 146 valence electrons. The molecule has 28 heavy (non-hydrogen) atoms. The van der Waals surface area contributed by atoms with Gasteiger partial charge in [-0.15, -0.1) is 0 Å². The molecule has 0 spiro atoms. The highest BCUT2D eigenvalue weighted by Gasteiger charge is 2.38. The van der Waals surface area contributed by atoms with E-state index in [9.17, 15) is 18.4 Å². The average Bonchev–Trinajstić information content (AvgIpc) is 2.69. The third-order valence-electron chi connectivity index (χ3n) is 3.89. The van der Waals surface area contributed by atoms with E-state index < -0.39 is 21.4 Å². The SMILES string of the molecule is C[S+](=O)(O)C(CCNC(=O)c1ccc(C#Cc2ccccc2)cc1)C(=O)NO. The van der Waals surface area contributed by atoms with Crippen LogP contribution in [0.4, 0.5) is 0 Å². The third-order valence-corrected chi connectivity index (χ3v) is 5.40. The van der Waals surface area contributed by atoms with Gasteiger partial charge in [-0.2, -0.15) is 4.55 Å². The quantitative estimate of drug-likeness (QED) is 0.254. The minimum Gasteiger partial charge on any atom is -0.352 e. The summed E-state index contributed by atoms with van der Waals surface area (Å²) in [5.74, 6) is 4.69. The number of rotatable bonds is 6. The van der Waals surface area contributed by atoms with Gasteiger partial charge in [-0.3, -0.25) is 14.8 Å². The van der Waals surface area contributed by atoms with Crippen LogP contribution in [0.3, 0.4) is 0 Å². The van der Waals surface area contributed by atoms with E-state index in [1.54, 1.807) is 24.3 Å². The molecule has 0 aliphatic heterocycles. The van der Waals surface area contributed by atoms with E-state index in [0.717, 1.165) is 17.4 Å². The highest BCUT2D eigenvalue weighted by Crippen LogP contribution is 2.10. The van der Waals surface area contributed by atoms with Crippen molar-refractivity contribution in [2.24, 2.45) is 0 Å². The fourth-order valence-corrected chi connectivity index (χ4v) is 3.42. The number of nitrogens with one attached hydrogen (secondary N) is 2. The van der Waals surface area contributed by atoms with Crippen LogP contribution < -0.4 is 10.8 Å². The molecule has 0 saturated heterocycles. The summed E-state index contributed by atoms with van der Waals surface area (Å²) in [4.78, 5) is 23.7. The predicted molar refractivity (Wildman–Crippen MR) is 106 cm³/mol. The summed E-state index contributed by atoms with van der Waals surface area (Å²) in [6.45, 7) is -0.00211. The Labute approximate surface area is 164 Å². The molecule has 2 amide bonds. The summed E-state index contributed by atoms with van der Waals surface area (Å²) in [6, 6.07) is 16.2. The van der Waals surface area contributed by atoms with Gasteiger partial charge in [-0.05, 0) is 36.4 Å². The van der Waals surface area contributed by atoms with Crippen LogP contribution in [0.25, 0.3) is 0 Å². The van der Waals surface area contributed by atoms with Crippen molar-refractivity contribution in [2.45, 2.75) is 11.7 Å². The number of amides is 2. The van der Waals surface area contributed by atoms with Crippen LogP contribution in [0.2, 0.25) is 0 Å². The molecule has 2 rings (SSSR count). The second kappa shape index (κ2) is 9.80. The lowest BCUT2D eigenvalue weighted by Gasteiger charge is -2.12. The molecule has 7 nitrogen and oxygen atoms in total. The van der Waals surface area contributed by atoms with Gasteiger partial charge in [0.2, 0.25) is 15.5 Å². The summed E-state index contributed by atoms with van der Waals surface area (Å²) in [6.07, 6.45) is 0.911. The van der Waals surface area contributed by atoms with E-state index in [0.29, 0.717) is 5.56 Å². The van der Waals surface area contributed by atoms with Crippen LogP contribution >= 0.6 is 0 Å². The molecule has 2 atom stereocenters. The molecule has 0 saturated carbocycles. The Morgan fingerprint density at radius 3 is 2.14 bits per heavy atom. The molecule has 0 radical (unpaired) electrons. The molecule has 2 aromatic carbocycles. The number of carbonyl (C=O) groups excluding carboxylic acids is 2. The Hall–Kier alpha value is -2.99. The third kappa shape index (κ3) is 6.32. The fourth-order valence-electron chi connectivity index (χ4n) is 2.41. The van der Waals surface area contributed by atoms with Gasteiger partial charge in [0.05, 0.1) is 0 Å². The standard InChI is InChI=1S/C20H20N2O5S/c1-28(26,27)18(20(24)22-25)13-14-21-19(23)17-11-9-16(10-12-17)8-7-15-5-3-2-4-6-15/h2-6,9-12,18H,13-14H2,1H3,(H3-,21,22,23,24,25,26,27)/p+1. The second-order valence-electron chi connectivity index (χ2n) is 6.06. The van der Waals surface area contributed by atoms with Gasteiger partial charge >= 0.3 is 0 Å². The number of hydroxylamine groups is 1. The highest BCUT2D eigenvalue weighted by molar-refractivity contribution is 7.98. The Morgan fingerprint density at radius 1 is 1.04 bits per heavy atom. The molecule has 2 aromatic rings. The van der Waals surface area contributed by atoms with E-state index >= 15 is 0 Å². The van der Waals surface area contributed by atoms with Gasteiger partial charge in [0.15, 0.2) is 0 Å². The van der Waals surface area contributed by atoms with Gasteiger partial charge in [0, 0.05) is 29.7 Å². The van der Waals surface area contributed by atoms with Crippen LogP contribution in [-0.2, 0) is 19.2 Å². The lowest BCUT2D eigenvalue weighted by Crippen LogP contribution is -2.43. The first-order chi connectivity index (χ1) is 13.3. The molecular formula is C20H21N2O5S+. The Morgan fingerprint density at radius 2 is 1.61 bits per heavy atom. The van der Waals surface area contributed by atoms with Gasteiger partial charge in [0.1, 0.15) is 6.26 Å². The molecule has 0 heterocycles.